The van der Waals surface area contributed by atoms with Crippen LogP contribution < -0.4 is 0 Å². The van der Waals surface area contributed by atoms with Gasteiger partial charge in [0.15, 0.2) is 0 Å². The second-order valence-electron chi connectivity index (χ2n) is 7.15. The fraction of sp³-hybridized carbons (Fsp3) is 0.947. The van der Waals surface area contributed by atoms with Gasteiger partial charge in [0, 0.05) is 11.8 Å². The van der Waals surface area contributed by atoms with Gasteiger partial charge in [-0.15, -0.1) is 0 Å². The predicted molar refractivity (Wildman–Crippen MR) is 98.5 cm³/mol. The number of rotatable bonds is 6. The summed E-state index contributed by atoms with van der Waals surface area (Å²) in [4.78, 5) is 11.7. The van der Waals surface area contributed by atoms with Crippen LogP contribution in [0.3, 0.4) is 0 Å². The quantitative estimate of drug-likeness (QED) is 0.462. The average Bonchev–Trinajstić information content (AvgIpc) is 2.07. The van der Waals surface area contributed by atoms with Crippen molar-refractivity contribution in [2.24, 2.45) is 10.8 Å². The Morgan fingerprint density at radius 1 is 0.700 bits per heavy atom. The maximum Gasteiger partial charge on any atom is 0.138 e. The molecule has 0 bridgehead atoms. The first kappa shape index (κ1) is 31.9. The van der Waals surface area contributed by atoms with Gasteiger partial charge in [-0.2, -0.15) is 0 Å². The Morgan fingerprint density at radius 2 is 1.10 bits per heavy atom. The summed E-state index contributed by atoms with van der Waals surface area (Å²) in [6, 6.07) is 0. The topological polar surface area (TPSA) is 17.1 Å². The standard InChI is InChI=1S/C15H30O.4CH4/c1-14(2,3)12-10-8-7-9-11-13(16)15(4,5)6;;;;/h7-12H2,1-6H3;4*1H4. The van der Waals surface area contributed by atoms with Crippen LogP contribution in [-0.2, 0) is 4.79 Å². The number of carbonyl (C=O) groups excluding carboxylic acids is 1. The lowest BCUT2D eigenvalue weighted by atomic mass is 9.87. The molecule has 0 heterocycles. The van der Waals surface area contributed by atoms with Crippen LogP contribution in [0.4, 0.5) is 0 Å². The normalized spacial score (nSPS) is 10.3. The van der Waals surface area contributed by atoms with Crippen molar-refractivity contribution in [3.05, 3.63) is 0 Å². The van der Waals surface area contributed by atoms with Crippen LogP contribution in [0, 0.1) is 10.8 Å². The second-order valence-corrected chi connectivity index (χ2v) is 7.15. The van der Waals surface area contributed by atoms with E-state index < -0.39 is 0 Å². The van der Waals surface area contributed by atoms with Crippen LogP contribution in [-0.4, -0.2) is 5.78 Å². The highest BCUT2D eigenvalue weighted by atomic mass is 16.1. The molecule has 0 aliphatic heterocycles. The fourth-order valence-electron chi connectivity index (χ4n) is 1.67. The molecule has 0 radical (unpaired) electrons. The Balaban J connectivity index is -0.000000187. The Morgan fingerprint density at radius 3 is 1.45 bits per heavy atom. The van der Waals surface area contributed by atoms with E-state index in [1.165, 1.54) is 25.7 Å². The largest absolute Gasteiger partial charge is 0.299 e. The molecule has 0 unspecified atom stereocenters. The van der Waals surface area contributed by atoms with Crippen molar-refractivity contribution in [3.8, 4) is 0 Å². The molecule has 20 heavy (non-hydrogen) atoms. The number of hydrogen-bond donors (Lipinski definition) is 0. The van der Waals surface area contributed by atoms with Crippen molar-refractivity contribution < 1.29 is 4.79 Å². The molecule has 0 atom stereocenters. The molecule has 0 saturated carbocycles. The minimum absolute atomic E-state index is 0. The minimum atomic E-state index is -0.147. The molecule has 1 heteroatoms. The molecule has 0 aromatic carbocycles. The molecule has 0 aliphatic carbocycles. The highest BCUT2D eigenvalue weighted by Gasteiger charge is 2.19. The molecule has 1 nitrogen and oxygen atoms in total. The lowest BCUT2D eigenvalue weighted by Crippen LogP contribution is -2.19. The number of ketones is 1. The average molecular weight is 291 g/mol. The van der Waals surface area contributed by atoms with E-state index >= 15 is 0 Å². The highest BCUT2D eigenvalue weighted by molar-refractivity contribution is 5.83. The molecular weight excluding hydrogens is 244 g/mol. The number of carbonyl (C=O) groups is 1. The van der Waals surface area contributed by atoms with E-state index in [1.54, 1.807) is 0 Å². The first-order valence-corrected chi connectivity index (χ1v) is 6.66. The zero-order valence-corrected chi connectivity index (χ0v) is 12.2. The summed E-state index contributed by atoms with van der Waals surface area (Å²) in [5, 5.41) is 0. The van der Waals surface area contributed by atoms with E-state index in [9.17, 15) is 4.79 Å². The summed E-state index contributed by atoms with van der Waals surface area (Å²) < 4.78 is 0. The molecule has 0 amide bonds. The number of hydrogen-bond acceptors (Lipinski definition) is 1. The van der Waals surface area contributed by atoms with Gasteiger partial charge in [-0.05, 0) is 18.3 Å². The van der Waals surface area contributed by atoms with Gasteiger partial charge >= 0.3 is 0 Å². The zero-order chi connectivity index (χ0) is 12.8. The number of Topliss-reactive ketones (excluding diaryl/α,β-unsaturated/α-hetero) is 1. The van der Waals surface area contributed by atoms with Crippen LogP contribution in [0.1, 0.15) is 110 Å². The third kappa shape index (κ3) is 20.0. The van der Waals surface area contributed by atoms with Gasteiger partial charge in [-0.25, -0.2) is 0 Å². The van der Waals surface area contributed by atoms with Crippen molar-refractivity contribution in [1.82, 2.24) is 0 Å². The van der Waals surface area contributed by atoms with Gasteiger partial charge in [-0.1, -0.05) is 90.5 Å². The first-order chi connectivity index (χ1) is 7.13. The summed E-state index contributed by atoms with van der Waals surface area (Å²) in [5.74, 6) is 0.406. The summed E-state index contributed by atoms with van der Waals surface area (Å²) in [6.45, 7) is 12.9. The molecule has 0 aromatic heterocycles. The van der Waals surface area contributed by atoms with Crippen LogP contribution in [0.5, 0.6) is 0 Å². The lowest BCUT2D eigenvalue weighted by Gasteiger charge is -2.18. The van der Waals surface area contributed by atoms with Crippen LogP contribution in [0.2, 0.25) is 0 Å². The van der Waals surface area contributed by atoms with Gasteiger partial charge in [-0.3, -0.25) is 4.79 Å². The van der Waals surface area contributed by atoms with Gasteiger partial charge in [0.2, 0.25) is 0 Å². The van der Waals surface area contributed by atoms with Crippen LogP contribution in [0.15, 0.2) is 0 Å². The van der Waals surface area contributed by atoms with Crippen molar-refractivity contribution in [1.29, 1.82) is 0 Å². The molecular formula is C19H46O. The van der Waals surface area contributed by atoms with Gasteiger partial charge < -0.3 is 0 Å². The Bertz CT molecular complexity index is 203. The van der Waals surface area contributed by atoms with Crippen molar-refractivity contribution in [3.63, 3.8) is 0 Å². The summed E-state index contributed by atoms with van der Waals surface area (Å²) in [5.41, 5.74) is 0.312. The van der Waals surface area contributed by atoms with Gasteiger partial charge in [0.05, 0.1) is 0 Å². The minimum Gasteiger partial charge on any atom is -0.299 e. The van der Waals surface area contributed by atoms with Crippen molar-refractivity contribution in [2.75, 3.05) is 0 Å². The molecule has 0 N–H and O–H groups in total. The van der Waals surface area contributed by atoms with E-state index in [0.717, 1.165) is 12.8 Å². The van der Waals surface area contributed by atoms with E-state index in [2.05, 4.69) is 20.8 Å². The third-order valence-electron chi connectivity index (χ3n) is 2.92. The molecule has 128 valence electrons. The van der Waals surface area contributed by atoms with Gasteiger partial charge in [0.1, 0.15) is 5.78 Å². The van der Waals surface area contributed by atoms with E-state index in [0.29, 0.717) is 11.2 Å². The maximum absolute atomic E-state index is 11.7. The molecule has 0 fully saturated rings. The lowest BCUT2D eigenvalue weighted by molar-refractivity contribution is -0.126. The van der Waals surface area contributed by atoms with Crippen LogP contribution >= 0.6 is 0 Å². The fourth-order valence-corrected chi connectivity index (χ4v) is 1.67. The monoisotopic (exact) mass is 290 g/mol. The molecule has 0 rings (SSSR count). The second kappa shape index (κ2) is 13.6. The first-order valence-electron chi connectivity index (χ1n) is 6.66. The Kier molecular flexibility index (Phi) is 21.7. The zero-order valence-electron chi connectivity index (χ0n) is 12.2. The van der Waals surface area contributed by atoms with Crippen LogP contribution in [0.25, 0.3) is 0 Å². The van der Waals surface area contributed by atoms with Gasteiger partial charge in [0.25, 0.3) is 0 Å². The third-order valence-corrected chi connectivity index (χ3v) is 2.92. The molecule has 0 aromatic rings. The predicted octanol–water partition coefficient (Wildman–Crippen LogP) is 7.53. The molecule has 0 aliphatic rings. The van der Waals surface area contributed by atoms with E-state index in [1.807, 2.05) is 20.8 Å². The van der Waals surface area contributed by atoms with Crippen molar-refractivity contribution >= 4 is 5.78 Å². The number of unbranched alkanes of at least 4 members (excludes halogenated alkanes) is 3. The summed E-state index contributed by atoms with van der Waals surface area (Å²) >= 11 is 0. The Labute approximate surface area is 131 Å². The smallest absolute Gasteiger partial charge is 0.138 e. The van der Waals surface area contributed by atoms with E-state index in [4.69, 9.17) is 0 Å². The maximum atomic E-state index is 11.7. The van der Waals surface area contributed by atoms with E-state index in [-0.39, 0.29) is 35.1 Å². The summed E-state index contributed by atoms with van der Waals surface area (Å²) in [7, 11) is 0. The Hall–Kier alpha value is -0.330. The molecule has 0 saturated heterocycles. The highest BCUT2D eigenvalue weighted by Crippen LogP contribution is 2.23. The SMILES string of the molecule is C.C.C.C.CC(C)(C)CCCCCCC(=O)C(C)(C)C. The summed E-state index contributed by atoms with van der Waals surface area (Å²) in [6.07, 6.45) is 6.90. The van der Waals surface area contributed by atoms with Crippen molar-refractivity contribution in [2.45, 2.75) is 110 Å². The molecule has 0 spiro atoms.